The number of rotatable bonds is 2. The number of carbonyl (C=O) groups is 1. The molecule has 1 aliphatic heterocycles. The molecule has 18 heavy (non-hydrogen) atoms. The van der Waals surface area contributed by atoms with Crippen LogP contribution < -0.4 is 0 Å². The van der Waals surface area contributed by atoms with E-state index in [0.717, 1.165) is 18.2 Å². The first-order chi connectivity index (χ1) is 8.40. The van der Waals surface area contributed by atoms with Crippen molar-refractivity contribution < 1.29 is 23.1 Å². The molecule has 0 aromatic heterocycles. The summed E-state index contributed by atoms with van der Waals surface area (Å²) in [7, 11) is 0. The topological polar surface area (TPSA) is 47.9 Å². The summed E-state index contributed by atoms with van der Waals surface area (Å²) in [6.45, 7) is 2.70. The lowest BCUT2D eigenvalue weighted by atomic mass is 9.93. The van der Waals surface area contributed by atoms with Crippen molar-refractivity contribution in [2.24, 2.45) is 5.16 Å². The second-order valence-corrected chi connectivity index (χ2v) is 4.14. The van der Waals surface area contributed by atoms with Gasteiger partial charge in [0.15, 0.2) is 0 Å². The maximum absolute atomic E-state index is 13.2. The molecule has 4 nitrogen and oxygen atoms in total. The van der Waals surface area contributed by atoms with Gasteiger partial charge < -0.3 is 9.57 Å². The lowest BCUT2D eigenvalue weighted by Crippen LogP contribution is -2.36. The van der Waals surface area contributed by atoms with Crippen LogP contribution in [0.4, 0.5) is 8.78 Å². The Balaban J connectivity index is 2.36. The zero-order chi connectivity index (χ0) is 13.3. The molecule has 0 saturated heterocycles. The minimum atomic E-state index is -1.38. The van der Waals surface area contributed by atoms with Crippen LogP contribution in [0.3, 0.4) is 0 Å². The molecule has 96 valence electrons. The number of carbonyl (C=O) groups excluding carboxylic acids is 1. The lowest BCUT2D eigenvalue weighted by Gasteiger charge is -2.27. The Morgan fingerprint density at radius 2 is 2.00 bits per heavy atom. The maximum Gasteiger partial charge on any atom is 0.305 e. The van der Waals surface area contributed by atoms with Gasteiger partial charge in [-0.05, 0) is 17.7 Å². The largest absolute Gasteiger partial charge is 0.420 e. The molecule has 1 aliphatic rings. The van der Waals surface area contributed by atoms with E-state index in [0.29, 0.717) is 0 Å². The van der Waals surface area contributed by atoms with Crippen LogP contribution in [0.25, 0.3) is 0 Å². The number of halogens is 2. The molecule has 1 aromatic rings. The van der Waals surface area contributed by atoms with Gasteiger partial charge in [0.05, 0.1) is 6.21 Å². The summed E-state index contributed by atoms with van der Waals surface area (Å²) < 4.78 is 31.3. The molecule has 2 atom stereocenters. The van der Waals surface area contributed by atoms with Gasteiger partial charge in [-0.1, -0.05) is 5.16 Å². The van der Waals surface area contributed by atoms with Gasteiger partial charge in [0.25, 0.3) is 5.79 Å². The van der Waals surface area contributed by atoms with Crippen molar-refractivity contribution in [3.05, 3.63) is 35.4 Å². The Hall–Kier alpha value is -1.98. The lowest BCUT2D eigenvalue weighted by molar-refractivity contribution is -0.216. The predicted molar refractivity (Wildman–Crippen MR) is 58.8 cm³/mol. The average molecular weight is 255 g/mol. The Bertz CT molecular complexity index is 498. The van der Waals surface area contributed by atoms with Gasteiger partial charge in [-0.2, -0.15) is 0 Å². The Labute approximate surface area is 102 Å². The number of nitrogens with zero attached hydrogens (tertiary/aromatic N) is 1. The van der Waals surface area contributed by atoms with Crippen LogP contribution >= 0.6 is 0 Å². The summed E-state index contributed by atoms with van der Waals surface area (Å²) >= 11 is 0. The molecule has 0 saturated carbocycles. The summed E-state index contributed by atoms with van der Waals surface area (Å²) in [6, 6.07) is 3.06. The zero-order valence-corrected chi connectivity index (χ0v) is 9.81. The third kappa shape index (κ3) is 2.32. The van der Waals surface area contributed by atoms with E-state index in [1.807, 2.05) is 0 Å². The average Bonchev–Trinajstić information content (AvgIpc) is 2.56. The van der Waals surface area contributed by atoms with E-state index in [1.165, 1.54) is 20.1 Å². The first-order valence-corrected chi connectivity index (χ1v) is 5.28. The minimum absolute atomic E-state index is 0.289. The monoisotopic (exact) mass is 255 g/mol. The van der Waals surface area contributed by atoms with E-state index in [1.54, 1.807) is 0 Å². The second kappa shape index (κ2) is 4.36. The van der Waals surface area contributed by atoms with E-state index in [9.17, 15) is 13.6 Å². The Morgan fingerprint density at radius 3 is 2.56 bits per heavy atom. The molecule has 6 heteroatoms. The number of hydrogen-bond donors (Lipinski definition) is 0. The fourth-order valence-corrected chi connectivity index (χ4v) is 1.90. The first-order valence-electron chi connectivity index (χ1n) is 5.28. The normalized spacial score (nSPS) is 25.9. The predicted octanol–water partition coefficient (Wildman–Crippen LogP) is 2.34. The highest BCUT2D eigenvalue weighted by molar-refractivity contribution is 5.73. The SMILES string of the molecule is CC(=O)OC1(C)ON=CC1c1cc(F)cc(F)c1. The number of ether oxygens (including phenoxy) is 1. The van der Waals surface area contributed by atoms with Crippen molar-refractivity contribution in [1.82, 2.24) is 0 Å². The van der Waals surface area contributed by atoms with E-state index < -0.39 is 29.3 Å². The molecule has 1 aromatic carbocycles. The molecule has 0 aliphatic carbocycles. The molecule has 0 spiro atoms. The molecule has 0 fully saturated rings. The standard InChI is InChI=1S/C12H11F2NO3/c1-7(16)17-12(2)11(6-15-18-12)8-3-9(13)5-10(14)4-8/h3-6,11H,1-2H3. The van der Waals surface area contributed by atoms with Crippen LogP contribution in [0, 0.1) is 11.6 Å². The van der Waals surface area contributed by atoms with Gasteiger partial charge in [-0.3, -0.25) is 4.79 Å². The third-order valence-corrected chi connectivity index (χ3v) is 2.60. The summed E-state index contributed by atoms with van der Waals surface area (Å²) in [5, 5.41) is 3.56. The van der Waals surface area contributed by atoms with Crippen LogP contribution in [0.1, 0.15) is 25.3 Å². The summed E-state index contributed by atoms with van der Waals surface area (Å²) in [5.74, 6) is -4.03. The number of hydrogen-bond acceptors (Lipinski definition) is 4. The van der Waals surface area contributed by atoms with Gasteiger partial charge in [0, 0.05) is 19.9 Å². The molecule has 0 N–H and O–H groups in total. The van der Waals surface area contributed by atoms with E-state index in [4.69, 9.17) is 9.57 Å². The van der Waals surface area contributed by atoms with E-state index in [2.05, 4.69) is 5.16 Å². The van der Waals surface area contributed by atoms with Crippen molar-refractivity contribution >= 4 is 12.2 Å². The van der Waals surface area contributed by atoms with Crippen LogP contribution in [0.5, 0.6) is 0 Å². The fraction of sp³-hybridized carbons (Fsp3) is 0.333. The smallest absolute Gasteiger partial charge is 0.305 e. The van der Waals surface area contributed by atoms with E-state index >= 15 is 0 Å². The van der Waals surface area contributed by atoms with Crippen molar-refractivity contribution in [3.63, 3.8) is 0 Å². The van der Waals surface area contributed by atoms with Crippen LogP contribution in [-0.4, -0.2) is 18.0 Å². The summed E-state index contributed by atoms with van der Waals surface area (Å²) in [4.78, 5) is 16.0. The minimum Gasteiger partial charge on any atom is -0.420 e. The zero-order valence-electron chi connectivity index (χ0n) is 9.81. The van der Waals surface area contributed by atoms with Crippen molar-refractivity contribution in [3.8, 4) is 0 Å². The number of esters is 1. The van der Waals surface area contributed by atoms with Gasteiger partial charge in [0.2, 0.25) is 0 Å². The quantitative estimate of drug-likeness (QED) is 0.762. The third-order valence-electron chi connectivity index (χ3n) is 2.60. The second-order valence-electron chi connectivity index (χ2n) is 4.14. The van der Waals surface area contributed by atoms with Gasteiger partial charge in [-0.15, -0.1) is 0 Å². The fourth-order valence-electron chi connectivity index (χ4n) is 1.90. The molecule has 2 unspecified atom stereocenters. The van der Waals surface area contributed by atoms with Crippen LogP contribution in [-0.2, 0) is 14.4 Å². The Kier molecular flexibility index (Phi) is 3.02. The molecule has 2 rings (SSSR count). The molecular formula is C12H11F2NO3. The first kappa shape index (κ1) is 12.5. The van der Waals surface area contributed by atoms with Crippen LogP contribution in [0.15, 0.2) is 23.4 Å². The van der Waals surface area contributed by atoms with Gasteiger partial charge in [0.1, 0.15) is 17.6 Å². The highest BCUT2D eigenvalue weighted by Gasteiger charge is 2.44. The van der Waals surface area contributed by atoms with Crippen molar-refractivity contribution in [1.29, 1.82) is 0 Å². The Morgan fingerprint density at radius 1 is 1.39 bits per heavy atom. The van der Waals surface area contributed by atoms with Crippen LogP contribution in [0.2, 0.25) is 0 Å². The molecule has 0 radical (unpaired) electrons. The van der Waals surface area contributed by atoms with Crippen molar-refractivity contribution in [2.45, 2.75) is 25.6 Å². The van der Waals surface area contributed by atoms with Gasteiger partial charge >= 0.3 is 5.97 Å². The highest BCUT2D eigenvalue weighted by Crippen LogP contribution is 2.36. The van der Waals surface area contributed by atoms with E-state index in [-0.39, 0.29) is 5.56 Å². The highest BCUT2D eigenvalue weighted by atomic mass is 19.1. The molecular weight excluding hydrogens is 244 g/mol. The van der Waals surface area contributed by atoms with Gasteiger partial charge in [-0.25, -0.2) is 8.78 Å². The number of benzene rings is 1. The molecule has 0 bridgehead atoms. The maximum atomic E-state index is 13.2. The number of oxime groups is 1. The molecule has 1 heterocycles. The molecule has 0 amide bonds. The van der Waals surface area contributed by atoms with Crippen molar-refractivity contribution in [2.75, 3.05) is 0 Å². The summed E-state index contributed by atoms with van der Waals surface area (Å²) in [6.07, 6.45) is 1.34. The summed E-state index contributed by atoms with van der Waals surface area (Å²) in [5.41, 5.74) is 0.289.